The number of aromatic nitrogens is 2. The summed E-state index contributed by atoms with van der Waals surface area (Å²) in [5.74, 6) is 0.545. The van der Waals surface area contributed by atoms with Gasteiger partial charge >= 0.3 is 0 Å². The predicted octanol–water partition coefficient (Wildman–Crippen LogP) is 3.62. The number of carbonyl (C=O) groups is 1. The van der Waals surface area contributed by atoms with Crippen LogP contribution in [-0.4, -0.2) is 21.7 Å². The number of benzene rings is 1. The smallest absolute Gasteiger partial charge is 0.230 e. The topological polar surface area (TPSA) is 38.1 Å². The van der Waals surface area contributed by atoms with Gasteiger partial charge in [0.2, 0.25) is 5.91 Å². The van der Waals surface area contributed by atoms with Crippen LogP contribution in [0.2, 0.25) is 5.02 Å². The van der Waals surface area contributed by atoms with Crippen LogP contribution in [0, 0.1) is 5.92 Å². The van der Waals surface area contributed by atoms with Gasteiger partial charge in [0.25, 0.3) is 0 Å². The molecule has 1 aromatic heterocycles. The molecule has 0 N–H and O–H groups in total. The summed E-state index contributed by atoms with van der Waals surface area (Å²) in [7, 11) is 1.90. The number of hydrogen-bond acceptors (Lipinski definition) is 2. The minimum atomic E-state index is 0.0577. The molecule has 1 heterocycles. The Morgan fingerprint density at radius 1 is 1.36 bits per heavy atom. The lowest BCUT2D eigenvalue weighted by Gasteiger charge is -2.27. The van der Waals surface area contributed by atoms with Crippen molar-refractivity contribution < 1.29 is 4.79 Å². The molecule has 3 rings (SSSR count). The van der Waals surface area contributed by atoms with Crippen LogP contribution in [0.4, 0.5) is 5.69 Å². The molecule has 1 aliphatic rings. The van der Waals surface area contributed by atoms with Gasteiger partial charge in [0.05, 0.1) is 6.20 Å². The van der Waals surface area contributed by atoms with Crippen molar-refractivity contribution in [1.29, 1.82) is 0 Å². The Hall–Kier alpha value is -1.81. The molecule has 2 aromatic rings. The number of hydrogen-bond donors (Lipinski definition) is 0. The quantitative estimate of drug-likeness (QED) is 0.864. The summed E-state index contributed by atoms with van der Waals surface area (Å²) in [5.41, 5.74) is 2.06. The van der Waals surface area contributed by atoms with E-state index in [1.54, 1.807) is 4.68 Å². The maximum Gasteiger partial charge on any atom is 0.230 e. The molecule has 0 bridgehead atoms. The highest BCUT2D eigenvalue weighted by molar-refractivity contribution is 6.30. The molecule has 0 radical (unpaired) electrons. The zero-order valence-corrected chi connectivity index (χ0v) is 13.8. The standard InChI is InChI=1S/C17H20ClN3O/c1-11(2)21(14-6-4-13(18)5-7-14)17(22)16-8-15(16)12-9-19-20(3)10-12/h4-7,9-11,15-16H,8H2,1-3H3/t15-,16+/m0/s1. The summed E-state index contributed by atoms with van der Waals surface area (Å²) in [5, 5.41) is 4.88. The first-order valence-electron chi connectivity index (χ1n) is 7.54. The van der Waals surface area contributed by atoms with E-state index in [-0.39, 0.29) is 17.9 Å². The molecular weight excluding hydrogens is 298 g/mol. The molecule has 0 spiro atoms. The number of halogens is 1. The zero-order chi connectivity index (χ0) is 15.9. The highest BCUT2D eigenvalue weighted by atomic mass is 35.5. The molecule has 1 aromatic carbocycles. The molecule has 22 heavy (non-hydrogen) atoms. The number of anilines is 1. The number of nitrogens with zero attached hydrogens (tertiary/aromatic N) is 3. The summed E-state index contributed by atoms with van der Waals surface area (Å²) in [4.78, 5) is 14.8. The molecule has 116 valence electrons. The number of amides is 1. The monoisotopic (exact) mass is 317 g/mol. The van der Waals surface area contributed by atoms with E-state index in [9.17, 15) is 4.79 Å². The maximum atomic E-state index is 12.9. The fourth-order valence-electron chi connectivity index (χ4n) is 2.93. The van der Waals surface area contributed by atoms with Gasteiger partial charge in [0.1, 0.15) is 0 Å². The Balaban J connectivity index is 1.78. The third kappa shape index (κ3) is 2.88. The van der Waals surface area contributed by atoms with Gasteiger partial charge in [-0.25, -0.2) is 0 Å². The molecule has 0 saturated heterocycles. The van der Waals surface area contributed by atoms with Crippen LogP contribution in [0.3, 0.4) is 0 Å². The van der Waals surface area contributed by atoms with Crippen LogP contribution in [0.1, 0.15) is 31.7 Å². The van der Waals surface area contributed by atoms with Crippen LogP contribution in [0.5, 0.6) is 0 Å². The van der Waals surface area contributed by atoms with Crippen molar-refractivity contribution >= 4 is 23.2 Å². The van der Waals surface area contributed by atoms with Gasteiger partial charge in [-0.1, -0.05) is 11.6 Å². The SMILES string of the molecule is CC(C)N(C(=O)[C@@H]1C[C@H]1c1cnn(C)c1)c1ccc(Cl)cc1. The number of aryl methyl sites for hydroxylation is 1. The van der Waals surface area contributed by atoms with Crippen molar-refractivity contribution in [3.63, 3.8) is 0 Å². The minimum Gasteiger partial charge on any atom is -0.310 e. The van der Waals surface area contributed by atoms with Gasteiger partial charge in [-0.05, 0) is 56.0 Å². The van der Waals surface area contributed by atoms with Crippen molar-refractivity contribution in [3.05, 3.63) is 47.2 Å². The van der Waals surface area contributed by atoms with E-state index in [4.69, 9.17) is 11.6 Å². The summed E-state index contributed by atoms with van der Waals surface area (Å²) < 4.78 is 1.79. The summed E-state index contributed by atoms with van der Waals surface area (Å²) in [6.07, 6.45) is 4.77. The van der Waals surface area contributed by atoms with E-state index in [2.05, 4.69) is 5.10 Å². The van der Waals surface area contributed by atoms with E-state index >= 15 is 0 Å². The van der Waals surface area contributed by atoms with E-state index in [0.29, 0.717) is 10.9 Å². The van der Waals surface area contributed by atoms with Crippen molar-refractivity contribution in [2.45, 2.75) is 32.2 Å². The second kappa shape index (κ2) is 5.76. The first kappa shape index (κ1) is 15.1. The highest BCUT2D eigenvalue weighted by Crippen LogP contribution is 2.49. The molecular formula is C17H20ClN3O. The lowest BCUT2D eigenvalue weighted by molar-refractivity contribution is -0.120. The average molecular weight is 318 g/mol. The van der Waals surface area contributed by atoms with E-state index in [1.807, 2.05) is 62.5 Å². The van der Waals surface area contributed by atoms with Gasteiger partial charge in [-0.2, -0.15) is 5.10 Å². The summed E-state index contributed by atoms with van der Waals surface area (Å²) >= 11 is 5.94. The normalized spacial score (nSPS) is 20.2. The molecule has 0 unspecified atom stereocenters. The Morgan fingerprint density at radius 3 is 2.59 bits per heavy atom. The van der Waals surface area contributed by atoms with Crippen LogP contribution >= 0.6 is 11.6 Å². The van der Waals surface area contributed by atoms with Crippen LogP contribution in [0.25, 0.3) is 0 Å². The summed E-state index contributed by atoms with van der Waals surface area (Å²) in [6.45, 7) is 4.07. The lowest BCUT2D eigenvalue weighted by Crippen LogP contribution is -2.38. The highest BCUT2D eigenvalue weighted by Gasteiger charge is 2.47. The van der Waals surface area contributed by atoms with Crippen molar-refractivity contribution in [2.24, 2.45) is 13.0 Å². The largest absolute Gasteiger partial charge is 0.310 e. The Morgan fingerprint density at radius 2 is 2.05 bits per heavy atom. The molecule has 1 amide bonds. The lowest BCUT2D eigenvalue weighted by atomic mass is 10.1. The fourth-order valence-corrected chi connectivity index (χ4v) is 3.05. The zero-order valence-electron chi connectivity index (χ0n) is 13.0. The second-order valence-corrected chi connectivity index (χ2v) is 6.61. The van der Waals surface area contributed by atoms with Crippen molar-refractivity contribution in [2.75, 3.05) is 4.90 Å². The van der Waals surface area contributed by atoms with Gasteiger partial charge in [0, 0.05) is 35.9 Å². The van der Waals surface area contributed by atoms with Gasteiger partial charge in [-0.15, -0.1) is 0 Å². The molecule has 1 aliphatic carbocycles. The third-order valence-electron chi connectivity index (χ3n) is 4.12. The van der Waals surface area contributed by atoms with Crippen LogP contribution < -0.4 is 4.90 Å². The van der Waals surface area contributed by atoms with E-state index < -0.39 is 0 Å². The van der Waals surface area contributed by atoms with E-state index in [0.717, 1.165) is 17.7 Å². The Bertz CT molecular complexity index is 677. The van der Waals surface area contributed by atoms with Crippen LogP contribution in [-0.2, 0) is 11.8 Å². The number of carbonyl (C=O) groups excluding carboxylic acids is 1. The molecule has 5 heteroatoms. The van der Waals surface area contributed by atoms with Crippen molar-refractivity contribution in [1.82, 2.24) is 9.78 Å². The van der Waals surface area contributed by atoms with Crippen molar-refractivity contribution in [3.8, 4) is 0 Å². The second-order valence-electron chi connectivity index (χ2n) is 6.17. The van der Waals surface area contributed by atoms with Gasteiger partial charge < -0.3 is 4.90 Å². The minimum absolute atomic E-state index is 0.0577. The van der Waals surface area contributed by atoms with Gasteiger partial charge in [-0.3, -0.25) is 9.48 Å². The van der Waals surface area contributed by atoms with Crippen LogP contribution in [0.15, 0.2) is 36.7 Å². The first-order chi connectivity index (χ1) is 10.5. The Labute approximate surface area is 135 Å². The molecule has 1 saturated carbocycles. The Kier molecular flexibility index (Phi) is 3.96. The molecule has 2 atom stereocenters. The summed E-state index contributed by atoms with van der Waals surface area (Å²) in [6, 6.07) is 7.57. The predicted molar refractivity (Wildman–Crippen MR) is 88.1 cm³/mol. The molecule has 1 fully saturated rings. The fraction of sp³-hybridized carbons (Fsp3) is 0.412. The molecule has 0 aliphatic heterocycles. The third-order valence-corrected chi connectivity index (χ3v) is 4.37. The molecule has 4 nitrogen and oxygen atoms in total. The average Bonchev–Trinajstić information content (AvgIpc) is 3.16. The number of rotatable bonds is 4. The first-order valence-corrected chi connectivity index (χ1v) is 7.92. The maximum absolute atomic E-state index is 12.9. The van der Waals surface area contributed by atoms with E-state index in [1.165, 1.54) is 0 Å². The van der Waals surface area contributed by atoms with Gasteiger partial charge in [0.15, 0.2) is 0 Å².